The molecule has 16 rings (SSSR count). The molecule has 0 spiro atoms. The monoisotopic (exact) mass is 975 g/mol. The number of fused-ring (bicyclic) bond motifs is 17. The van der Waals surface area contributed by atoms with Crippen molar-refractivity contribution in [2.24, 2.45) is 0 Å². The van der Waals surface area contributed by atoms with E-state index in [0.29, 0.717) is 0 Å². The van der Waals surface area contributed by atoms with Crippen LogP contribution in [-0.2, 0) is 0 Å². The number of anilines is 3. The maximum Gasteiger partial charge on any atom is 0.143 e. The summed E-state index contributed by atoms with van der Waals surface area (Å²) in [5.41, 5.74) is 12.2. The minimum atomic E-state index is 0.877. The third-order valence-electron chi connectivity index (χ3n) is 15.4. The highest BCUT2D eigenvalue weighted by atomic mass is 32.1. The number of furan rings is 1. The van der Waals surface area contributed by atoms with E-state index >= 15 is 0 Å². The van der Waals surface area contributed by atoms with Gasteiger partial charge in [0.05, 0.1) is 5.69 Å². The van der Waals surface area contributed by atoms with Crippen LogP contribution < -0.4 is 4.90 Å². The molecule has 74 heavy (non-hydrogen) atoms. The van der Waals surface area contributed by atoms with Crippen molar-refractivity contribution in [2.75, 3.05) is 4.90 Å². The molecule has 16 aromatic rings. The number of rotatable bonds is 6. The fourth-order valence-corrected chi connectivity index (χ4v) is 14.3. The van der Waals surface area contributed by atoms with Gasteiger partial charge in [-0.15, -0.1) is 22.7 Å². The van der Waals surface area contributed by atoms with E-state index < -0.39 is 0 Å². The van der Waals surface area contributed by atoms with Crippen molar-refractivity contribution >= 4 is 145 Å². The summed E-state index contributed by atoms with van der Waals surface area (Å²) in [4.78, 5) is 2.48. The average Bonchev–Trinajstić information content (AvgIpc) is 4.20. The maximum atomic E-state index is 6.90. The van der Waals surface area contributed by atoms with Gasteiger partial charge >= 0.3 is 0 Å². The molecular weight excluding hydrogens is 935 g/mol. The van der Waals surface area contributed by atoms with Crippen molar-refractivity contribution < 1.29 is 4.42 Å². The van der Waals surface area contributed by atoms with Crippen molar-refractivity contribution in [3.8, 4) is 33.4 Å². The van der Waals surface area contributed by atoms with Crippen LogP contribution in [0.25, 0.3) is 139 Å². The van der Waals surface area contributed by atoms with Crippen LogP contribution in [0.3, 0.4) is 0 Å². The minimum Gasteiger partial charge on any atom is -0.455 e. The molecule has 0 aliphatic carbocycles. The Bertz CT molecular complexity index is 4960. The first-order chi connectivity index (χ1) is 36.7. The molecule has 3 heterocycles. The highest BCUT2D eigenvalue weighted by Crippen LogP contribution is 2.49. The van der Waals surface area contributed by atoms with E-state index in [9.17, 15) is 0 Å². The summed E-state index contributed by atoms with van der Waals surface area (Å²) in [5.74, 6) is 0. The quantitative estimate of drug-likeness (QED) is 0.154. The second kappa shape index (κ2) is 16.2. The summed E-state index contributed by atoms with van der Waals surface area (Å²) in [7, 11) is 0. The Hall–Kier alpha value is -9.06. The van der Waals surface area contributed by atoms with Crippen molar-refractivity contribution in [1.82, 2.24) is 0 Å². The van der Waals surface area contributed by atoms with E-state index in [1.54, 1.807) is 0 Å². The van der Waals surface area contributed by atoms with Gasteiger partial charge in [0.1, 0.15) is 11.2 Å². The molecule has 0 saturated carbocycles. The summed E-state index contributed by atoms with van der Waals surface area (Å²) in [6.07, 6.45) is 0. The van der Waals surface area contributed by atoms with Crippen LogP contribution in [0.15, 0.2) is 253 Å². The molecule has 13 aromatic carbocycles. The Labute approximate surface area is 433 Å². The van der Waals surface area contributed by atoms with Gasteiger partial charge in [0.15, 0.2) is 0 Å². The third kappa shape index (κ3) is 6.29. The lowest BCUT2D eigenvalue weighted by Gasteiger charge is -2.27. The van der Waals surface area contributed by atoms with Gasteiger partial charge < -0.3 is 9.32 Å². The van der Waals surface area contributed by atoms with Crippen molar-refractivity contribution in [1.29, 1.82) is 0 Å². The van der Waals surface area contributed by atoms with Gasteiger partial charge in [-0.1, -0.05) is 164 Å². The zero-order chi connectivity index (χ0) is 48.4. The lowest BCUT2D eigenvalue weighted by molar-refractivity contribution is 0.673. The summed E-state index contributed by atoms with van der Waals surface area (Å²) in [5, 5.41) is 17.1. The Morgan fingerprint density at radius 2 is 0.824 bits per heavy atom. The van der Waals surface area contributed by atoms with Gasteiger partial charge in [-0.2, -0.15) is 0 Å². The van der Waals surface area contributed by atoms with Crippen LogP contribution in [0, 0.1) is 0 Å². The van der Waals surface area contributed by atoms with Crippen LogP contribution in [0.1, 0.15) is 0 Å². The Morgan fingerprint density at radius 3 is 1.57 bits per heavy atom. The second-order valence-electron chi connectivity index (χ2n) is 19.5. The molecule has 0 bridgehead atoms. The van der Waals surface area contributed by atoms with E-state index in [-0.39, 0.29) is 0 Å². The van der Waals surface area contributed by atoms with E-state index in [0.717, 1.165) is 55.2 Å². The Balaban J connectivity index is 0.941. The molecular formula is C70H41NOS2. The first-order valence-corrected chi connectivity index (χ1v) is 26.8. The van der Waals surface area contributed by atoms with Crippen LogP contribution >= 0.6 is 22.7 Å². The predicted octanol–water partition coefficient (Wildman–Crippen LogP) is 21.4. The maximum absolute atomic E-state index is 6.90. The van der Waals surface area contributed by atoms with Crippen LogP contribution in [0.2, 0.25) is 0 Å². The molecule has 3 aromatic heterocycles. The zero-order valence-corrected chi connectivity index (χ0v) is 41.5. The SMILES string of the molecule is c1ccc(-c2cc3ccccc3c3oc4ccc(-c5cc6c7ccccc7c7ccccc7c6cc5-c5ccc(N(c6ccc7sc8ccccc8c7c6)c6cccc7sc8ccccc8c67)cc5)cc4c23)cc1. The van der Waals surface area contributed by atoms with Crippen molar-refractivity contribution in [3.63, 3.8) is 0 Å². The summed E-state index contributed by atoms with van der Waals surface area (Å²) >= 11 is 3.72. The molecule has 0 fully saturated rings. The van der Waals surface area contributed by atoms with Gasteiger partial charge in [0.25, 0.3) is 0 Å². The highest BCUT2D eigenvalue weighted by Gasteiger charge is 2.23. The van der Waals surface area contributed by atoms with E-state index in [1.165, 1.54) is 101 Å². The molecule has 0 aliphatic rings. The standard InChI is InChI=1S/C70H41NOS2/c1-2-15-42(16-3-1)57-37-44-17-4-5-18-48(44)70-68(57)61-38-45(31-35-63(61)72-70)56-41-59-52-22-9-7-20-50(52)49-19-6-8-21-51(49)58(59)40-55(56)43-29-32-46(33-30-43)71(47-34-36-66-60(39-47)53-23-10-12-26-64(53)73-66)62-25-14-28-67-69(62)54-24-11-13-27-65(54)74-67/h1-41H. The smallest absolute Gasteiger partial charge is 0.143 e. The fourth-order valence-electron chi connectivity index (χ4n) is 12.1. The summed E-state index contributed by atoms with van der Waals surface area (Å²) in [6.45, 7) is 0. The molecule has 0 saturated heterocycles. The molecule has 2 nitrogen and oxygen atoms in total. The van der Waals surface area contributed by atoms with Gasteiger partial charge in [0.2, 0.25) is 0 Å². The predicted molar refractivity (Wildman–Crippen MR) is 321 cm³/mol. The number of benzene rings is 13. The molecule has 344 valence electrons. The normalized spacial score (nSPS) is 12.1. The Kier molecular flexibility index (Phi) is 9.11. The first kappa shape index (κ1) is 41.5. The van der Waals surface area contributed by atoms with Gasteiger partial charge in [-0.05, 0) is 156 Å². The van der Waals surface area contributed by atoms with Gasteiger partial charge in [0, 0.05) is 67.9 Å². The molecule has 0 radical (unpaired) electrons. The Morgan fingerprint density at radius 1 is 0.284 bits per heavy atom. The number of hydrogen-bond donors (Lipinski definition) is 0. The van der Waals surface area contributed by atoms with Crippen molar-refractivity contribution in [2.45, 2.75) is 0 Å². The van der Waals surface area contributed by atoms with Gasteiger partial charge in [-0.3, -0.25) is 0 Å². The molecule has 0 amide bonds. The number of thiophene rings is 2. The molecule has 4 heteroatoms. The fraction of sp³-hybridized carbons (Fsp3) is 0. The molecule has 0 N–H and O–H groups in total. The molecule has 0 atom stereocenters. The van der Waals surface area contributed by atoms with E-state index in [1.807, 2.05) is 22.7 Å². The summed E-state index contributed by atoms with van der Waals surface area (Å²) < 4.78 is 12.1. The zero-order valence-electron chi connectivity index (χ0n) is 39.8. The van der Waals surface area contributed by atoms with E-state index in [2.05, 4.69) is 254 Å². The first-order valence-electron chi connectivity index (χ1n) is 25.2. The topological polar surface area (TPSA) is 16.4 Å². The number of nitrogens with zero attached hydrogens (tertiary/aromatic N) is 1. The third-order valence-corrected chi connectivity index (χ3v) is 17.7. The molecule has 0 unspecified atom stereocenters. The highest BCUT2D eigenvalue weighted by molar-refractivity contribution is 7.26. The van der Waals surface area contributed by atoms with Gasteiger partial charge in [-0.25, -0.2) is 0 Å². The minimum absolute atomic E-state index is 0.877. The largest absolute Gasteiger partial charge is 0.455 e. The molecule has 0 aliphatic heterocycles. The lowest BCUT2D eigenvalue weighted by Crippen LogP contribution is -2.10. The second-order valence-corrected chi connectivity index (χ2v) is 21.6. The number of hydrogen-bond acceptors (Lipinski definition) is 4. The van der Waals surface area contributed by atoms with E-state index in [4.69, 9.17) is 4.42 Å². The van der Waals surface area contributed by atoms with Crippen LogP contribution in [-0.4, -0.2) is 0 Å². The van der Waals surface area contributed by atoms with Crippen LogP contribution in [0.4, 0.5) is 17.1 Å². The average molecular weight is 976 g/mol. The lowest BCUT2D eigenvalue weighted by atomic mass is 9.86. The van der Waals surface area contributed by atoms with Crippen molar-refractivity contribution in [3.05, 3.63) is 249 Å². The summed E-state index contributed by atoms with van der Waals surface area (Å²) in [6, 6.07) is 91.9. The van der Waals surface area contributed by atoms with Crippen LogP contribution in [0.5, 0.6) is 0 Å².